The minimum atomic E-state index is -2.99. The zero-order valence-corrected chi connectivity index (χ0v) is 23.7. The van der Waals surface area contributed by atoms with Crippen LogP contribution in [-0.2, 0) is 12.3 Å². The Balaban J connectivity index is 3.28. The first-order valence-electron chi connectivity index (χ1n) is 10.9. The van der Waals surface area contributed by atoms with E-state index < -0.39 is 34.5 Å². The SMILES string of the molecule is C=CCCC[Si](C)(C)O[Si](O[SiH](C)C)(O[Si](C)(C)CCCC=C)c1ccccc1. The summed E-state index contributed by atoms with van der Waals surface area (Å²) in [6, 6.07) is 12.7. The van der Waals surface area contributed by atoms with Gasteiger partial charge in [0, 0.05) is 5.19 Å². The van der Waals surface area contributed by atoms with Gasteiger partial charge in [-0.1, -0.05) is 55.3 Å². The fraction of sp³-hybridized carbons (Fsp3) is 0.545. The third-order valence-corrected chi connectivity index (χ3v) is 18.6. The molecule has 0 atom stereocenters. The summed E-state index contributed by atoms with van der Waals surface area (Å²) in [6.07, 6.45) is 8.28. The Morgan fingerprint density at radius 1 is 0.828 bits per heavy atom. The first kappa shape index (κ1) is 26.5. The molecule has 29 heavy (non-hydrogen) atoms. The van der Waals surface area contributed by atoms with Gasteiger partial charge >= 0.3 is 8.80 Å². The maximum Gasteiger partial charge on any atom is 0.505 e. The van der Waals surface area contributed by atoms with Gasteiger partial charge in [0.15, 0.2) is 25.7 Å². The zero-order valence-electron chi connectivity index (χ0n) is 19.5. The van der Waals surface area contributed by atoms with E-state index >= 15 is 0 Å². The van der Waals surface area contributed by atoms with E-state index in [9.17, 15) is 0 Å². The van der Waals surface area contributed by atoms with Crippen LogP contribution < -0.4 is 5.19 Å². The molecule has 0 bridgehead atoms. The van der Waals surface area contributed by atoms with Gasteiger partial charge in [-0.05, 0) is 64.2 Å². The number of hydrogen-bond acceptors (Lipinski definition) is 3. The van der Waals surface area contributed by atoms with Crippen LogP contribution in [-0.4, -0.2) is 34.5 Å². The summed E-state index contributed by atoms with van der Waals surface area (Å²) in [5, 5.41) is 1.12. The molecule has 1 aromatic carbocycles. The standard InChI is InChI=1S/C22H42O3Si4/c1-9-11-16-20-27(5,6)24-29(23-26(3)4,22-18-14-13-15-19-22)25-28(7,8)21-17-12-10-2/h9-10,13-15,18-19,26H,1-2,11-12,16-17,20-21H2,3-8H3. The maximum atomic E-state index is 7.06. The molecule has 3 nitrogen and oxygen atoms in total. The van der Waals surface area contributed by atoms with Crippen LogP contribution in [0.25, 0.3) is 0 Å². The Kier molecular flexibility index (Phi) is 11.3. The molecule has 0 unspecified atom stereocenters. The first-order valence-corrected chi connectivity index (χ1v) is 21.6. The van der Waals surface area contributed by atoms with Crippen LogP contribution in [0, 0.1) is 0 Å². The topological polar surface area (TPSA) is 27.7 Å². The summed E-state index contributed by atoms with van der Waals surface area (Å²) >= 11 is 0. The highest BCUT2D eigenvalue weighted by Gasteiger charge is 2.51. The molecule has 0 heterocycles. The normalized spacial score (nSPS) is 12.9. The third-order valence-electron chi connectivity index (χ3n) is 4.71. The van der Waals surface area contributed by atoms with Crippen molar-refractivity contribution in [1.82, 2.24) is 0 Å². The Morgan fingerprint density at radius 3 is 1.66 bits per heavy atom. The molecular formula is C22H42O3Si4. The zero-order chi connectivity index (χ0) is 22.0. The van der Waals surface area contributed by atoms with E-state index in [4.69, 9.17) is 12.3 Å². The summed E-state index contributed by atoms with van der Waals surface area (Å²) in [5.74, 6) is 0. The number of hydrogen-bond donors (Lipinski definition) is 0. The molecule has 164 valence electrons. The lowest BCUT2D eigenvalue weighted by Crippen LogP contribution is -2.66. The summed E-state index contributed by atoms with van der Waals surface area (Å²) in [4.78, 5) is 0. The van der Waals surface area contributed by atoms with E-state index in [1.165, 1.54) is 0 Å². The Morgan fingerprint density at radius 2 is 1.28 bits per heavy atom. The van der Waals surface area contributed by atoms with Gasteiger partial charge in [0.05, 0.1) is 0 Å². The molecular weight excluding hydrogens is 425 g/mol. The van der Waals surface area contributed by atoms with Gasteiger partial charge < -0.3 is 12.3 Å². The van der Waals surface area contributed by atoms with Crippen LogP contribution in [0.1, 0.15) is 25.7 Å². The van der Waals surface area contributed by atoms with E-state index in [-0.39, 0.29) is 0 Å². The Hall–Kier alpha value is -0.552. The van der Waals surface area contributed by atoms with Gasteiger partial charge in [0.2, 0.25) is 0 Å². The maximum absolute atomic E-state index is 7.06. The predicted octanol–water partition coefficient (Wildman–Crippen LogP) is 6.21. The van der Waals surface area contributed by atoms with E-state index in [0.29, 0.717) is 0 Å². The Bertz CT molecular complexity index is 590. The number of allylic oxidation sites excluding steroid dienone is 2. The average molecular weight is 467 g/mol. The first-order chi connectivity index (χ1) is 13.6. The molecule has 0 aromatic heterocycles. The average Bonchev–Trinajstić information content (AvgIpc) is 2.61. The monoisotopic (exact) mass is 466 g/mol. The van der Waals surface area contributed by atoms with Crippen LogP contribution in [0.4, 0.5) is 0 Å². The van der Waals surface area contributed by atoms with Crippen molar-refractivity contribution in [3.05, 3.63) is 55.6 Å². The highest BCUT2D eigenvalue weighted by atomic mass is 28.5. The smallest absolute Gasteiger partial charge is 0.416 e. The van der Waals surface area contributed by atoms with Gasteiger partial charge in [0.1, 0.15) is 0 Å². The predicted molar refractivity (Wildman–Crippen MR) is 137 cm³/mol. The molecule has 0 saturated heterocycles. The molecule has 0 N–H and O–H groups in total. The summed E-state index contributed by atoms with van der Waals surface area (Å²) in [7, 11) is -8.32. The van der Waals surface area contributed by atoms with Crippen LogP contribution in [0.5, 0.6) is 0 Å². The van der Waals surface area contributed by atoms with Gasteiger partial charge in [0.25, 0.3) is 0 Å². The molecule has 0 aliphatic heterocycles. The van der Waals surface area contributed by atoms with E-state index in [1.54, 1.807) is 0 Å². The largest absolute Gasteiger partial charge is 0.505 e. The van der Waals surface area contributed by atoms with Crippen LogP contribution in [0.15, 0.2) is 55.6 Å². The highest BCUT2D eigenvalue weighted by molar-refractivity contribution is 6.94. The molecule has 0 saturated carbocycles. The van der Waals surface area contributed by atoms with Crippen LogP contribution in [0.2, 0.25) is 51.4 Å². The second-order valence-corrected chi connectivity index (χ2v) is 23.6. The third kappa shape index (κ3) is 9.86. The molecule has 0 aliphatic carbocycles. The van der Waals surface area contributed by atoms with Crippen molar-refractivity contribution in [2.75, 3.05) is 0 Å². The fourth-order valence-electron chi connectivity index (χ4n) is 3.38. The van der Waals surface area contributed by atoms with Crippen molar-refractivity contribution in [1.29, 1.82) is 0 Å². The Labute approximate surface area is 184 Å². The van der Waals surface area contributed by atoms with Crippen molar-refractivity contribution >= 4 is 39.7 Å². The van der Waals surface area contributed by atoms with Crippen molar-refractivity contribution in [3.8, 4) is 0 Å². The lowest BCUT2D eigenvalue weighted by Gasteiger charge is -2.42. The quantitative estimate of drug-likeness (QED) is 0.175. The molecule has 0 aliphatic rings. The van der Waals surface area contributed by atoms with Crippen molar-refractivity contribution in [2.24, 2.45) is 0 Å². The molecule has 1 aromatic rings. The summed E-state index contributed by atoms with van der Waals surface area (Å²) in [5.41, 5.74) is 0. The minimum absolute atomic E-state index is 1.03. The highest BCUT2D eigenvalue weighted by Crippen LogP contribution is 2.28. The van der Waals surface area contributed by atoms with Crippen LogP contribution >= 0.6 is 0 Å². The lowest BCUT2D eigenvalue weighted by atomic mass is 10.3. The second kappa shape index (κ2) is 12.3. The van der Waals surface area contributed by atoms with Crippen molar-refractivity contribution in [3.63, 3.8) is 0 Å². The van der Waals surface area contributed by atoms with Gasteiger partial charge in [-0.3, -0.25) is 0 Å². The van der Waals surface area contributed by atoms with Gasteiger partial charge in [-0.15, -0.1) is 13.2 Å². The van der Waals surface area contributed by atoms with Crippen LogP contribution in [0.3, 0.4) is 0 Å². The molecule has 0 amide bonds. The van der Waals surface area contributed by atoms with E-state index in [0.717, 1.165) is 43.0 Å². The summed E-state index contributed by atoms with van der Waals surface area (Å²) < 4.78 is 20.9. The molecule has 0 fully saturated rings. The number of benzene rings is 1. The molecule has 7 heteroatoms. The molecule has 1 rings (SSSR count). The fourth-order valence-corrected chi connectivity index (χ4v) is 18.5. The van der Waals surface area contributed by atoms with Crippen molar-refractivity contribution < 1.29 is 12.3 Å². The second-order valence-electron chi connectivity index (χ2n) is 9.17. The summed E-state index contributed by atoms with van der Waals surface area (Å²) in [6.45, 7) is 21.4. The molecule has 0 radical (unpaired) electrons. The number of rotatable bonds is 15. The molecule has 0 spiro atoms. The van der Waals surface area contributed by atoms with E-state index in [1.807, 2.05) is 12.2 Å². The van der Waals surface area contributed by atoms with Crippen molar-refractivity contribution in [2.45, 2.75) is 77.1 Å². The van der Waals surface area contributed by atoms with E-state index in [2.05, 4.69) is 82.8 Å². The lowest BCUT2D eigenvalue weighted by molar-refractivity contribution is 0.274. The van der Waals surface area contributed by atoms with Gasteiger partial charge in [-0.25, -0.2) is 0 Å². The minimum Gasteiger partial charge on any atom is -0.416 e. The van der Waals surface area contributed by atoms with Gasteiger partial charge in [-0.2, -0.15) is 0 Å². The number of unbranched alkanes of at least 4 members (excludes halogenated alkanes) is 2.